The first-order valence-corrected chi connectivity index (χ1v) is 7.93. The van der Waals surface area contributed by atoms with Gasteiger partial charge in [0.05, 0.1) is 15.3 Å². The molecule has 1 aromatic carbocycles. The van der Waals surface area contributed by atoms with E-state index in [0.29, 0.717) is 15.7 Å². The second kappa shape index (κ2) is 7.76. The largest absolute Gasteiger partial charge is 0.573 e. The Kier molecular flexibility index (Phi) is 5.95. The molecular weight excluding hydrogens is 365 g/mol. The third-order valence-corrected chi connectivity index (χ3v) is 4.00. The number of nitrogens with one attached hydrogen (secondary N) is 1. The van der Waals surface area contributed by atoms with Gasteiger partial charge in [0.1, 0.15) is 5.75 Å². The van der Waals surface area contributed by atoms with Crippen molar-refractivity contribution in [3.63, 3.8) is 0 Å². The van der Waals surface area contributed by atoms with Crippen molar-refractivity contribution in [2.45, 2.75) is 23.6 Å². The molecule has 1 aromatic heterocycles. The molecule has 9 heteroatoms. The van der Waals surface area contributed by atoms with Crippen molar-refractivity contribution >= 4 is 35.0 Å². The van der Waals surface area contributed by atoms with E-state index >= 15 is 0 Å². The maximum absolute atomic E-state index is 12.1. The predicted octanol–water partition coefficient (Wildman–Crippen LogP) is 4.75. The molecule has 0 aliphatic rings. The summed E-state index contributed by atoms with van der Waals surface area (Å²) in [7, 11) is 0. The molecule has 1 unspecified atom stereocenters. The zero-order chi connectivity index (χ0) is 17.7. The number of benzene rings is 1. The first kappa shape index (κ1) is 18.4. The summed E-state index contributed by atoms with van der Waals surface area (Å²) in [5.74, 6) is -0.658. The van der Waals surface area contributed by atoms with E-state index < -0.39 is 11.6 Å². The van der Waals surface area contributed by atoms with Gasteiger partial charge in [0.25, 0.3) is 0 Å². The molecule has 1 heterocycles. The van der Waals surface area contributed by atoms with Gasteiger partial charge in [-0.1, -0.05) is 23.4 Å². The van der Waals surface area contributed by atoms with Crippen molar-refractivity contribution < 1.29 is 22.7 Å². The Labute approximate surface area is 145 Å². The average Bonchev–Trinajstić information content (AvgIpc) is 2.50. The Bertz CT molecular complexity index is 693. The maximum Gasteiger partial charge on any atom is 0.573 e. The van der Waals surface area contributed by atoms with Crippen molar-refractivity contribution in [2.24, 2.45) is 0 Å². The number of hydrogen-bond donors (Lipinski definition) is 1. The first-order chi connectivity index (χ1) is 11.2. The number of nitrogens with zero attached hydrogens (tertiary/aromatic N) is 1. The van der Waals surface area contributed by atoms with Crippen LogP contribution in [-0.2, 0) is 4.79 Å². The number of anilines is 1. The number of rotatable bonds is 5. The number of ether oxygens (including phenoxy) is 1. The quantitative estimate of drug-likeness (QED) is 0.765. The third-order valence-electron chi connectivity index (χ3n) is 2.72. The molecule has 0 bridgehead atoms. The van der Waals surface area contributed by atoms with Gasteiger partial charge >= 0.3 is 6.36 Å². The summed E-state index contributed by atoms with van der Waals surface area (Å²) in [5.41, 5.74) is 0.367. The standard InChI is InChI=1S/C15H12ClF3N2O2S/c1-9(24-13-7-2-10(16)8-20-13)14(22)21-11-3-5-12(6-4-11)23-15(17,18)19/h2-9H,1H3,(H,21,22). The second-order valence-corrected chi connectivity index (χ2v) is 6.43. The van der Waals surface area contributed by atoms with Crippen LogP contribution in [0, 0.1) is 0 Å². The van der Waals surface area contributed by atoms with Gasteiger partial charge in [0, 0.05) is 11.9 Å². The summed E-state index contributed by atoms with van der Waals surface area (Å²) in [6.07, 6.45) is -3.27. The SMILES string of the molecule is CC(Sc1ccc(Cl)cn1)C(=O)Nc1ccc(OC(F)(F)F)cc1. The highest BCUT2D eigenvalue weighted by molar-refractivity contribution is 8.00. The molecule has 0 saturated carbocycles. The summed E-state index contributed by atoms with van der Waals surface area (Å²) in [6.45, 7) is 1.69. The van der Waals surface area contributed by atoms with Gasteiger partial charge in [0.2, 0.25) is 5.91 Å². The number of halogens is 4. The third kappa shape index (κ3) is 5.93. The van der Waals surface area contributed by atoms with Crippen molar-refractivity contribution in [3.8, 4) is 5.75 Å². The van der Waals surface area contributed by atoms with Crippen molar-refractivity contribution in [2.75, 3.05) is 5.32 Å². The van der Waals surface area contributed by atoms with Crippen molar-refractivity contribution in [1.82, 2.24) is 4.98 Å². The minimum absolute atomic E-state index is 0.304. The Morgan fingerprint density at radius 2 is 1.92 bits per heavy atom. The molecule has 0 saturated heterocycles. The summed E-state index contributed by atoms with van der Waals surface area (Å²) >= 11 is 6.97. The molecular formula is C15H12ClF3N2O2S. The van der Waals surface area contributed by atoms with E-state index in [1.54, 1.807) is 19.1 Å². The van der Waals surface area contributed by atoms with Gasteiger partial charge in [-0.2, -0.15) is 0 Å². The Morgan fingerprint density at radius 3 is 2.46 bits per heavy atom. The molecule has 1 atom stereocenters. The maximum atomic E-state index is 12.1. The summed E-state index contributed by atoms with van der Waals surface area (Å²) in [6, 6.07) is 8.28. The highest BCUT2D eigenvalue weighted by Crippen LogP contribution is 2.26. The van der Waals surface area contributed by atoms with Crippen LogP contribution in [0.15, 0.2) is 47.6 Å². The molecule has 2 aromatic rings. The van der Waals surface area contributed by atoms with Crippen LogP contribution in [0.1, 0.15) is 6.92 Å². The van der Waals surface area contributed by atoms with Crippen LogP contribution in [0.25, 0.3) is 0 Å². The first-order valence-electron chi connectivity index (χ1n) is 6.68. The molecule has 4 nitrogen and oxygen atoms in total. The fourth-order valence-corrected chi connectivity index (χ4v) is 2.55. The number of hydrogen-bond acceptors (Lipinski definition) is 4. The Hall–Kier alpha value is -1.93. The van der Waals surface area contributed by atoms with Gasteiger partial charge < -0.3 is 10.1 Å². The highest BCUT2D eigenvalue weighted by atomic mass is 35.5. The number of carbonyl (C=O) groups is 1. The molecule has 2 rings (SSSR count). The average molecular weight is 377 g/mol. The highest BCUT2D eigenvalue weighted by Gasteiger charge is 2.31. The molecule has 1 amide bonds. The number of alkyl halides is 3. The minimum atomic E-state index is -4.75. The summed E-state index contributed by atoms with van der Waals surface area (Å²) in [5, 5.41) is 3.29. The topological polar surface area (TPSA) is 51.2 Å². The lowest BCUT2D eigenvalue weighted by molar-refractivity contribution is -0.274. The fraction of sp³-hybridized carbons (Fsp3) is 0.200. The van der Waals surface area contributed by atoms with Crippen molar-refractivity contribution in [1.29, 1.82) is 0 Å². The van der Waals surface area contributed by atoms with Crippen LogP contribution in [0.3, 0.4) is 0 Å². The lowest BCUT2D eigenvalue weighted by Crippen LogP contribution is -2.22. The number of pyridine rings is 1. The van der Waals surface area contributed by atoms with E-state index in [9.17, 15) is 18.0 Å². The van der Waals surface area contributed by atoms with Crippen LogP contribution in [-0.4, -0.2) is 22.5 Å². The van der Waals surface area contributed by atoms with Gasteiger partial charge in [-0.15, -0.1) is 13.2 Å². The van der Waals surface area contributed by atoms with Crippen LogP contribution in [0.5, 0.6) is 5.75 Å². The van der Waals surface area contributed by atoms with E-state index in [1.807, 2.05) is 0 Å². The summed E-state index contributed by atoms with van der Waals surface area (Å²) < 4.78 is 40.0. The number of aromatic nitrogens is 1. The van der Waals surface area contributed by atoms with E-state index in [-0.39, 0.29) is 11.7 Å². The van der Waals surface area contributed by atoms with Gasteiger partial charge in [-0.3, -0.25) is 4.79 Å². The molecule has 1 N–H and O–H groups in total. The summed E-state index contributed by atoms with van der Waals surface area (Å²) in [4.78, 5) is 16.2. The number of amides is 1. The van der Waals surface area contributed by atoms with E-state index in [2.05, 4.69) is 15.0 Å². The monoisotopic (exact) mass is 376 g/mol. The molecule has 0 aliphatic carbocycles. The minimum Gasteiger partial charge on any atom is -0.406 e. The van der Waals surface area contributed by atoms with Gasteiger partial charge in [-0.05, 0) is 43.3 Å². The van der Waals surface area contributed by atoms with Crippen molar-refractivity contribution in [3.05, 3.63) is 47.6 Å². The Balaban J connectivity index is 1.92. The van der Waals surface area contributed by atoms with E-state index in [1.165, 1.54) is 30.1 Å². The number of carbonyl (C=O) groups excluding carboxylic acids is 1. The lowest BCUT2D eigenvalue weighted by atomic mass is 10.3. The van der Waals surface area contributed by atoms with Gasteiger partial charge in [0.15, 0.2) is 0 Å². The Morgan fingerprint density at radius 1 is 1.25 bits per heavy atom. The van der Waals surface area contributed by atoms with Crippen LogP contribution < -0.4 is 10.1 Å². The van der Waals surface area contributed by atoms with Crippen LogP contribution in [0.4, 0.5) is 18.9 Å². The van der Waals surface area contributed by atoms with E-state index in [0.717, 1.165) is 12.1 Å². The normalized spacial score (nSPS) is 12.5. The predicted molar refractivity (Wildman–Crippen MR) is 86.3 cm³/mol. The number of thioether (sulfide) groups is 1. The van der Waals surface area contributed by atoms with Gasteiger partial charge in [-0.25, -0.2) is 4.98 Å². The van der Waals surface area contributed by atoms with Crippen LogP contribution in [0.2, 0.25) is 5.02 Å². The molecule has 128 valence electrons. The second-order valence-electron chi connectivity index (χ2n) is 4.64. The molecule has 0 aliphatic heterocycles. The molecule has 0 fully saturated rings. The van der Waals surface area contributed by atoms with E-state index in [4.69, 9.17) is 11.6 Å². The molecule has 0 spiro atoms. The van der Waals surface area contributed by atoms with Crippen LogP contribution >= 0.6 is 23.4 Å². The smallest absolute Gasteiger partial charge is 0.406 e. The lowest BCUT2D eigenvalue weighted by Gasteiger charge is -2.12. The molecule has 0 radical (unpaired) electrons. The zero-order valence-corrected chi connectivity index (χ0v) is 13.9. The zero-order valence-electron chi connectivity index (χ0n) is 12.3. The molecule has 24 heavy (non-hydrogen) atoms. The fourth-order valence-electron chi connectivity index (χ4n) is 1.65.